The average molecular weight is 254 g/mol. The Bertz CT molecular complexity index is 377. The second-order valence-electron chi connectivity index (χ2n) is 4.32. The number of aliphatic carboxylic acids is 1. The molecule has 0 radical (unpaired) electrons. The molecular formula is C13H18O3S. The van der Waals surface area contributed by atoms with Gasteiger partial charge in [-0.2, -0.15) is 11.3 Å². The minimum atomic E-state index is -0.882. The minimum Gasteiger partial charge on any atom is -0.481 e. The summed E-state index contributed by atoms with van der Waals surface area (Å²) in [6.45, 7) is 3.66. The zero-order valence-electron chi connectivity index (χ0n) is 10.2. The predicted molar refractivity (Wildman–Crippen MR) is 68.3 cm³/mol. The summed E-state index contributed by atoms with van der Waals surface area (Å²) in [6.07, 6.45) is 1.46. The number of ketones is 1. The van der Waals surface area contributed by atoms with Gasteiger partial charge in [0.25, 0.3) is 0 Å². The van der Waals surface area contributed by atoms with Crippen LogP contribution in [0.5, 0.6) is 0 Å². The van der Waals surface area contributed by atoms with Crippen LogP contribution < -0.4 is 0 Å². The highest BCUT2D eigenvalue weighted by Gasteiger charge is 2.36. The number of thiophene rings is 1. The summed E-state index contributed by atoms with van der Waals surface area (Å²) in [7, 11) is 0. The van der Waals surface area contributed by atoms with Crippen LogP contribution in [0.4, 0.5) is 0 Å². The number of hydrogen-bond donors (Lipinski definition) is 1. The molecule has 0 aliphatic heterocycles. The summed E-state index contributed by atoms with van der Waals surface area (Å²) in [4.78, 5) is 23.2. The van der Waals surface area contributed by atoms with E-state index in [1.165, 1.54) is 0 Å². The molecule has 0 aliphatic carbocycles. The average Bonchev–Trinajstić information content (AvgIpc) is 2.78. The van der Waals surface area contributed by atoms with Crippen molar-refractivity contribution in [2.24, 2.45) is 5.41 Å². The molecule has 1 rings (SSSR count). The van der Waals surface area contributed by atoms with E-state index in [2.05, 4.69) is 0 Å². The van der Waals surface area contributed by atoms with Gasteiger partial charge < -0.3 is 5.11 Å². The van der Waals surface area contributed by atoms with E-state index in [9.17, 15) is 14.7 Å². The molecule has 0 aromatic carbocycles. The summed E-state index contributed by atoms with van der Waals surface area (Å²) >= 11 is 1.55. The number of carboxylic acid groups (broad SMARTS) is 1. The molecule has 0 atom stereocenters. The SMILES string of the molecule is CCC(CC)(CC(=O)Cc1ccsc1)C(=O)O. The van der Waals surface area contributed by atoms with Crippen molar-refractivity contribution < 1.29 is 14.7 Å². The molecule has 0 unspecified atom stereocenters. The molecule has 1 aromatic rings. The Labute approximate surface area is 105 Å². The quantitative estimate of drug-likeness (QED) is 0.813. The van der Waals surface area contributed by atoms with Crippen molar-refractivity contribution in [1.29, 1.82) is 0 Å². The largest absolute Gasteiger partial charge is 0.481 e. The maximum Gasteiger partial charge on any atom is 0.310 e. The molecule has 17 heavy (non-hydrogen) atoms. The van der Waals surface area contributed by atoms with Crippen LogP contribution >= 0.6 is 11.3 Å². The van der Waals surface area contributed by atoms with Gasteiger partial charge in [0.1, 0.15) is 5.78 Å². The maximum atomic E-state index is 11.9. The molecule has 0 bridgehead atoms. The van der Waals surface area contributed by atoms with Crippen molar-refractivity contribution in [2.75, 3.05) is 0 Å². The van der Waals surface area contributed by atoms with Crippen LogP contribution in [0, 0.1) is 5.41 Å². The van der Waals surface area contributed by atoms with Crippen molar-refractivity contribution in [3.63, 3.8) is 0 Å². The molecule has 4 heteroatoms. The van der Waals surface area contributed by atoms with E-state index in [0.29, 0.717) is 19.3 Å². The third kappa shape index (κ3) is 3.40. The number of hydrogen-bond acceptors (Lipinski definition) is 3. The Morgan fingerprint density at radius 1 is 1.35 bits per heavy atom. The highest BCUT2D eigenvalue weighted by Crippen LogP contribution is 2.31. The Balaban J connectivity index is 2.68. The fraction of sp³-hybridized carbons (Fsp3) is 0.538. The lowest BCUT2D eigenvalue weighted by molar-refractivity contribution is -0.152. The standard InChI is InChI=1S/C13H18O3S/c1-3-13(4-2,12(15)16)8-11(14)7-10-5-6-17-9-10/h5-6,9H,3-4,7-8H2,1-2H3,(H,15,16). The van der Waals surface area contributed by atoms with E-state index in [4.69, 9.17) is 0 Å². The summed E-state index contributed by atoms with van der Waals surface area (Å²) in [6, 6.07) is 1.91. The lowest BCUT2D eigenvalue weighted by atomic mass is 9.77. The first kappa shape index (κ1) is 13.9. The summed E-state index contributed by atoms with van der Waals surface area (Å²) in [5.41, 5.74) is 0.0964. The minimum absolute atomic E-state index is 0.00880. The number of carbonyl (C=O) groups is 2. The molecule has 3 nitrogen and oxygen atoms in total. The van der Waals surface area contributed by atoms with Crippen molar-refractivity contribution in [3.8, 4) is 0 Å². The first-order chi connectivity index (χ1) is 8.04. The Hall–Kier alpha value is -1.16. The second-order valence-corrected chi connectivity index (χ2v) is 5.10. The zero-order chi connectivity index (χ0) is 12.9. The molecule has 0 spiro atoms. The van der Waals surface area contributed by atoms with Gasteiger partial charge in [-0.15, -0.1) is 0 Å². The van der Waals surface area contributed by atoms with E-state index in [-0.39, 0.29) is 12.2 Å². The van der Waals surface area contributed by atoms with Gasteiger partial charge in [0.15, 0.2) is 0 Å². The van der Waals surface area contributed by atoms with Crippen LogP contribution in [0.15, 0.2) is 16.8 Å². The highest BCUT2D eigenvalue weighted by atomic mass is 32.1. The van der Waals surface area contributed by atoms with E-state index < -0.39 is 11.4 Å². The predicted octanol–water partition coefficient (Wildman–Crippen LogP) is 3.14. The van der Waals surface area contributed by atoms with E-state index in [1.54, 1.807) is 11.3 Å². The molecule has 0 saturated heterocycles. The molecule has 0 saturated carbocycles. The molecule has 94 valence electrons. The fourth-order valence-corrected chi connectivity index (χ4v) is 2.61. The van der Waals surface area contributed by atoms with Crippen LogP contribution in [0.2, 0.25) is 0 Å². The number of Topliss-reactive ketones (excluding diaryl/α,β-unsaturated/α-hetero) is 1. The summed E-state index contributed by atoms with van der Waals surface area (Å²) in [5, 5.41) is 13.1. The van der Waals surface area contributed by atoms with Crippen molar-refractivity contribution in [1.82, 2.24) is 0 Å². The smallest absolute Gasteiger partial charge is 0.310 e. The van der Waals surface area contributed by atoms with Gasteiger partial charge in [0.2, 0.25) is 0 Å². The Morgan fingerprint density at radius 3 is 2.41 bits per heavy atom. The van der Waals surface area contributed by atoms with Crippen molar-refractivity contribution in [2.45, 2.75) is 39.5 Å². The van der Waals surface area contributed by atoms with Gasteiger partial charge in [-0.3, -0.25) is 9.59 Å². The van der Waals surface area contributed by atoms with Gasteiger partial charge in [-0.1, -0.05) is 13.8 Å². The topological polar surface area (TPSA) is 54.4 Å². The van der Waals surface area contributed by atoms with E-state index >= 15 is 0 Å². The van der Waals surface area contributed by atoms with Gasteiger partial charge in [0, 0.05) is 12.8 Å². The summed E-state index contributed by atoms with van der Waals surface area (Å²) in [5.74, 6) is -0.851. The molecule has 1 aromatic heterocycles. The first-order valence-corrected chi connectivity index (χ1v) is 6.74. The van der Waals surface area contributed by atoms with Crippen molar-refractivity contribution in [3.05, 3.63) is 22.4 Å². The van der Waals surface area contributed by atoms with Crippen molar-refractivity contribution >= 4 is 23.1 Å². The second kappa shape index (κ2) is 5.96. The number of carbonyl (C=O) groups excluding carboxylic acids is 1. The third-order valence-corrected chi connectivity index (χ3v) is 4.06. The molecule has 0 aliphatic rings. The Morgan fingerprint density at radius 2 is 2.00 bits per heavy atom. The Kier molecular flexibility index (Phi) is 4.87. The third-order valence-electron chi connectivity index (χ3n) is 3.32. The molecule has 0 amide bonds. The summed E-state index contributed by atoms with van der Waals surface area (Å²) < 4.78 is 0. The molecular weight excluding hydrogens is 236 g/mol. The monoisotopic (exact) mass is 254 g/mol. The lowest BCUT2D eigenvalue weighted by Crippen LogP contribution is -2.32. The highest BCUT2D eigenvalue weighted by molar-refractivity contribution is 7.07. The maximum absolute atomic E-state index is 11.9. The van der Waals surface area contributed by atoms with Crippen LogP contribution in [-0.2, 0) is 16.0 Å². The van der Waals surface area contributed by atoms with Gasteiger partial charge in [0.05, 0.1) is 5.41 Å². The van der Waals surface area contributed by atoms with Crippen LogP contribution in [-0.4, -0.2) is 16.9 Å². The molecule has 1 N–H and O–H groups in total. The van der Waals surface area contributed by atoms with Crippen LogP contribution in [0.3, 0.4) is 0 Å². The molecule has 1 heterocycles. The van der Waals surface area contributed by atoms with Gasteiger partial charge >= 0.3 is 5.97 Å². The van der Waals surface area contributed by atoms with Crippen LogP contribution in [0.25, 0.3) is 0 Å². The zero-order valence-corrected chi connectivity index (χ0v) is 11.0. The molecule has 0 fully saturated rings. The van der Waals surface area contributed by atoms with E-state index in [0.717, 1.165) is 5.56 Å². The van der Waals surface area contributed by atoms with Gasteiger partial charge in [-0.25, -0.2) is 0 Å². The number of carboxylic acids is 1. The first-order valence-electron chi connectivity index (χ1n) is 5.80. The number of rotatable bonds is 7. The van der Waals surface area contributed by atoms with E-state index in [1.807, 2.05) is 30.7 Å². The normalized spacial score (nSPS) is 11.4. The van der Waals surface area contributed by atoms with Gasteiger partial charge in [-0.05, 0) is 35.2 Å². The lowest BCUT2D eigenvalue weighted by Gasteiger charge is -2.25. The van der Waals surface area contributed by atoms with Crippen LogP contribution in [0.1, 0.15) is 38.7 Å². The fourth-order valence-electron chi connectivity index (χ4n) is 1.94.